The SMILES string of the molecule is C=CCC(C)Nc1nnc(Cl)c(C)c1C. The minimum absolute atomic E-state index is 0.302. The van der Waals surface area contributed by atoms with Crippen molar-refractivity contribution in [3.63, 3.8) is 0 Å². The first kappa shape index (κ1) is 12.0. The Labute approximate surface area is 95.6 Å². The molecule has 0 radical (unpaired) electrons. The summed E-state index contributed by atoms with van der Waals surface area (Å²) in [7, 11) is 0. The van der Waals surface area contributed by atoms with Gasteiger partial charge in [0.25, 0.3) is 0 Å². The molecule has 1 unspecified atom stereocenters. The van der Waals surface area contributed by atoms with Gasteiger partial charge in [0.2, 0.25) is 0 Å². The van der Waals surface area contributed by atoms with Crippen LogP contribution in [-0.4, -0.2) is 16.2 Å². The minimum atomic E-state index is 0.302. The highest BCUT2D eigenvalue weighted by atomic mass is 35.5. The van der Waals surface area contributed by atoms with Crippen molar-refractivity contribution in [3.8, 4) is 0 Å². The van der Waals surface area contributed by atoms with Crippen molar-refractivity contribution in [2.75, 3.05) is 5.32 Å². The van der Waals surface area contributed by atoms with Crippen LogP contribution in [0.15, 0.2) is 12.7 Å². The summed E-state index contributed by atoms with van der Waals surface area (Å²) >= 11 is 5.87. The molecule has 1 aromatic heterocycles. The van der Waals surface area contributed by atoms with E-state index in [1.807, 2.05) is 19.9 Å². The molecule has 0 aliphatic heterocycles. The monoisotopic (exact) mass is 225 g/mol. The number of nitrogens with zero attached hydrogens (tertiary/aromatic N) is 2. The molecule has 1 heterocycles. The Morgan fingerprint density at radius 3 is 2.67 bits per heavy atom. The summed E-state index contributed by atoms with van der Waals surface area (Å²) < 4.78 is 0. The van der Waals surface area contributed by atoms with Gasteiger partial charge in [0, 0.05) is 6.04 Å². The highest BCUT2D eigenvalue weighted by molar-refractivity contribution is 6.30. The van der Waals surface area contributed by atoms with Gasteiger partial charge in [-0.3, -0.25) is 0 Å². The Hall–Kier alpha value is -1.09. The Balaban J connectivity index is 2.86. The lowest BCUT2D eigenvalue weighted by molar-refractivity contribution is 0.796. The van der Waals surface area contributed by atoms with Crippen molar-refractivity contribution in [2.24, 2.45) is 0 Å². The predicted molar refractivity (Wildman–Crippen MR) is 64.4 cm³/mol. The molecular weight excluding hydrogens is 210 g/mol. The van der Waals surface area contributed by atoms with Crippen molar-refractivity contribution in [1.29, 1.82) is 0 Å². The lowest BCUT2D eigenvalue weighted by Crippen LogP contribution is -2.16. The molecule has 1 N–H and O–H groups in total. The van der Waals surface area contributed by atoms with Crippen LogP contribution in [0.2, 0.25) is 5.15 Å². The van der Waals surface area contributed by atoms with E-state index in [2.05, 4.69) is 29.0 Å². The van der Waals surface area contributed by atoms with Crippen molar-refractivity contribution >= 4 is 17.4 Å². The molecule has 0 saturated heterocycles. The summed E-state index contributed by atoms with van der Waals surface area (Å²) in [4.78, 5) is 0. The Bertz CT molecular complexity index is 363. The number of nitrogens with one attached hydrogen (secondary N) is 1. The maximum absolute atomic E-state index is 5.87. The molecule has 15 heavy (non-hydrogen) atoms. The zero-order valence-electron chi connectivity index (χ0n) is 9.34. The van der Waals surface area contributed by atoms with Gasteiger partial charge in [-0.1, -0.05) is 17.7 Å². The van der Waals surface area contributed by atoms with Crippen molar-refractivity contribution < 1.29 is 0 Å². The zero-order valence-corrected chi connectivity index (χ0v) is 10.1. The standard InChI is InChI=1S/C11H16ClN3/c1-5-6-7(2)13-11-9(4)8(3)10(12)14-15-11/h5,7H,1,6H2,2-4H3,(H,13,15). The second-order valence-corrected chi connectivity index (χ2v) is 4.02. The van der Waals surface area contributed by atoms with E-state index in [-0.39, 0.29) is 0 Å². The minimum Gasteiger partial charge on any atom is -0.366 e. The predicted octanol–water partition coefficient (Wildman–Crippen LogP) is 3.12. The van der Waals surface area contributed by atoms with Crippen LogP contribution in [0.4, 0.5) is 5.82 Å². The molecule has 0 aromatic carbocycles. The molecule has 0 amide bonds. The average Bonchev–Trinajstić information content (AvgIpc) is 2.20. The second kappa shape index (κ2) is 5.12. The lowest BCUT2D eigenvalue weighted by Gasteiger charge is -2.15. The van der Waals surface area contributed by atoms with Gasteiger partial charge >= 0.3 is 0 Å². The molecule has 0 saturated carbocycles. The van der Waals surface area contributed by atoms with E-state index >= 15 is 0 Å². The molecule has 1 atom stereocenters. The molecule has 1 aromatic rings. The van der Waals surface area contributed by atoms with Gasteiger partial charge in [0.15, 0.2) is 11.0 Å². The van der Waals surface area contributed by atoms with Gasteiger partial charge in [-0.05, 0) is 38.3 Å². The fraction of sp³-hybridized carbons (Fsp3) is 0.455. The fourth-order valence-corrected chi connectivity index (χ4v) is 1.44. The van der Waals surface area contributed by atoms with Crippen LogP contribution in [0.25, 0.3) is 0 Å². The van der Waals surface area contributed by atoms with Crippen LogP contribution in [-0.2, 0) is 0 Å². The second-order valence-electron chi connectivity index (χ2n) is 3.66. The molecular formula is C11H16ClN3. The Morgan fingerprint density at radius 1 is 1.40 bits per heavy atom. The van der Waals surface area contributed by atoms with E-state index in [9.17, 15) is 0 Å². The third kappa shape index (κ3) is 2.93. The van der Waals surface area contributed by atoms with Crippen LogP contribution in [0.3, 0.4) is 0 Å². The maximum atomic E-state index is 5.87. The van der Waals surface area contributed by atoms with Crippen LogP contribution >= 0.6 is 11.6 Å². The summed E-state index contributed by atoms with van der Waals surface area (Å²) in [6.07, 6.45) is 2.77. The smallest absolute Gasteiger partial charge is 0.155 e. The van der Waals surface area contributed by atoms with Gasteiger partial charge in [0.1, 0.15) is 0 Å². The van der Waals surface area contributed by atoms with Gasteiger partial charge in [-0.25, -0.2) is 0 Å². The fourth-order valence-electron chi connectivity index (χ4n) is 1.26. The first-order valence-corrected chi connectivity index (χ1v) is 5.30. The van der Waals surface area contributed by atoms with E-state index in [4.69, 9.17) is 11.6 Å². The number of hydrogen-bond donors (Lipinski definition) is 1. The molecule has 0 aliphatic rings. The summed E-state index contributed by atoms with van der Waals surface area (Å²) in [5.74, 6) is 0.797. The summed E-state index contributed by atoms with van der Waals surface area (Å²) in [5, 5.41) is 11.7. The third-order valence-corrected chi connectivity index (χ3v) is 2.73. The quantitative estimate of drug-likeness (QED) is 0.801. The van der Waals surface area contributed by atoms with Crippen molar-refractivity contribution in [3.05, 3.63) is 28.9 Å². The van der Waals surface area contributed by atoms with E-state index in [0.717, 1.165) is 23.4 Å². The van der Waals surface area contributed by atoms with Crippen LogP contribution < -0.4 is 5.32 Å². The first-order valence-electron chi connectivity index (χ1n) is 4.93. The van der Waals surface area contributed by atoms with Crippen LogP contribution in [0.1, 0.15) is 24.5 Å². The number of aromatic nitrogens is 2. The molecule has 0 bridgehead atoms. The normalized spacial score (nSPS) is 12.3. The Morgan fingerprint density at radius 2 is 2.07 bits per heavy atom. The average molecular weight is 226 g/mol. The molecule has 0 aliphatic carbocycles. The van der Waals surface area contributed by atoms with E-state index < -0.39 is 0 Å². The molecule has 4 heteroatoms. The Kier molecular flexibility index (Phi) is 4.09. The zero-order chi connectivity index (χ0) is 11.4. The lowest BCUT2D eigenvalue weighted by atomic mass is 10.2. The first-order chi connectivity index (χ1) is 7.06. The van der Waals surface area contributed by atoms with Crippen LogP contribution in [0.5, 0.6) is 0 Å². The van der Waals surface area contributed by atoms with Gasteiger partial charge < -0.3 is 5.32 Å². The topological polar surface area (TPSA) is 37.8 Å². The highest BCUT2D eigenvalue weighted by Gasteiger charge is 2.09. The van der Waals surface area contributed by atoms with E-state index in [1.165, 1.54) is 0 Å². The largest absolute Gasteiger partial charge is 0.366 e. The highest BCUT2D eigenvalue weighted by Crippen LogP contribution is 2.21. The molecule has 0 fully saturated rings. The van der Waals surface area contributed by atoms with Gasteiger partial charge in [-0.15, -0.1) is 16.8 Å². The number of anilines is 1. The maximum Gasteiger partial charge on any atom is 0.155 e. The van der Waals surface area contributed by atoms with Crippen molar-refractivity contribution in [2.45, 2.75) is 33.2 Å². The van der Waals surface area contributed by atoms with Crippen molar-refractivity contribution in [1.82, 2.24) is 10.2 Å². The third-order valence-electron chi connectivity index (χ3n) is 2.37. The molecule has 82 valence electrons. The van der Waals surface area contributed by atoms with Gasteiger partial charge in [0.05, 0.1) is 0 Å². The van der Waals surface area contributed by atoms with E-state index in [0.29, 0.717) is 11.2 Å². The molecule has 1 rings (SSSR count). The molecule has 3 nitrogen and oxygen atoms in total. The summed E-state index contributed by atoms with van der Waals surface area (Å²) in [6, 6.07) is 0.302. The van der Waals surface area contributed by atoms with E-state index in [1.54, 1.807) is 0 Å². The summed E-state index contributed by atoms with van der Waals surface area (Å²) in [6.45, 7) is 9.70. The number of halogens is 1. The molecule has 0 spiro atoms. The number of hydrogen-bond acceptors (Lipinski definition) is 3. The van der Waals surface area contributed by atoms with Gasteiger partial charge in [-0.2, -0.15) is 0 Å². The number of rotatable bonds is 4. The van der Waals surface area contributed by atoms with Crippen LogP contribution in [0, 0.1) is 13.8 Å². The summed E-state index contributed by atoms with van der Waals surface area (Å²) in [5.41, 5.74) is 2.02.